The number of rotatable bonds is 6. The fourth-order valence-electron chi connectivity index (χ4n) is 4.70. The summed E-state index contributed by atoms with van der Waals surface area (Å²) in [5, 5.41) is 15.8. The number of hydrogen-bond acceptors (Lipinski definition) is 4. The monoisotopic (exact) mass is 452 g/mol. The van der Waals surface area contributed by atoms with E-state index in [1.54, 1.807) is 6.07 Å². The predicted octanol–water partition coefficient (Wildman–Crippen LogP) is 6.10. The molecule has 34 heavy (non-hydrogen) atoms. The lowest BCUT2D eigenvalue weighted by Crippen LogP contribution is -2.44. The van der Waals surface area contributed by atoms with E-state index in [2.05, 4.69) is 59.6 Å². The zero-order valence-electron chi connectivity index (χ0n) is 19.4. The van der Waals surface area contributed by atoms with E-state index in [-0.39, 0.29) is 12.1 Å². The van der Waals surface area contributed by atoms with E-state index in [0.717, 1.165) is 22.7 Å². The molecule has 5 heteroatoms. The molecular formula is C29H28N2O3. The third-order valence-corrected chi connectivity index (χ3v) is 6.54. The minimum atomic E-state index is -0.914. The van der Waals surface area contributed by atoms with E-state index in [1.807, 2.05) is 43.3 Å². The second kappa shape index (κ2) is 9.20. The topological polar surface area (TPSA) is 61.8 Å². The number of anilines is 2. The van der Waals surface area contributed by atoms with Crippen molar-refractivity contribution in [3.8, 4) is 5.75 Å². The Morgan fingerprint density at radius 2 is 1.82 bits per heavy atom. The van der Waals surface area contributed by atoms with E-state index in [0.29, 0.717) is 18.7 Å². The molecule has 1 aliphatic heterocycles. The molecule has 0 aromatic heterocycles. The second-order valence-electron chi connectivity index (χ2n) is 8.82. The zero-order chi connectivity index (χ0) is 23.7. The molecule has 0 spiro atoms. The summed E-state index contributed by atoms with van der Waals surface area (Å²) in [6.07, 6.45) is -0.0955. The van der Waals surface area contributed by atoms with Gasteiger partial charge in [0.1, 0.15) is 11.9 Å². The van der Waals surface area contributed by atoms with Crippen LogP contribution in [0.3, 0.4) is 0 Å². The van der Waals surface area contributed by atoms with Crippen LogP contribution < -0.4 is 15.0 Å². The van der Waals surface area contributed by atoms with Crippen LogP contribution in [0.1, 0.15) is 34.5 Å². The average Bonchev–Trinajstić information content (AvgIpc) is 2.86. The Hall–Kier alpha value is -3.83. The molecule has 2 N–H and O–H groups in total. The smallest absolute Gasteiger partial charge is 0.336 e. The van der Waals surface area contributed by atoms with Crippen molar-refractivity contribution < 1.29 is 14.6 Å². The van der Waals surface area contributed by atoms with E-state index in [4.69, 9.17) is 4.74 Å². The van der Waals surface area contributed by atoms with E-state index in [9.17, 15) is 9.90 Å². The number of nitrogens with zero attached hydrogens (tertiary/aromatic N) is 1. The van der Waals surface area contributed by atoms with Crippen molar-refractivity contribution in [3.05, 3.63) is 102 Å². The van der Waals surface area contributed by atoms with Gasteiger partial charge in [0, 0.05) is 18.3 Å². The molecule has 5 nitrogen and oxygen atoms in total. The molecule has 0 aliphatic carbocycles. The van der Waals surface area contributed by atoms with Gasteiger partial charge in [0.05, 0.1) is 17.8 Å². The molecule has 0 unspecified atom stereocenters. The van der Waals surface area contributed by atoms with Crippen LogP contribution in [0.4, 0.5) is 11.4 Å². The molecule has 1 heterocycles. The highest BCUT2D eigenvalue weighted by Gasteiger charge is 2.27. The third-order valence-electron chi connectivity index (χ3n) is 6.54. The number of hydrogen-bond donors (Lipinski definition) is 2. The van der Waals surface area contributed by atoms with E-state index < -0.39 is 5.97 Å². The number of carboxylic acid groups (broad SMARTS) is 1. The van der Waals surface area contributed by atoms with Gasteiger partial charge in [-0.05, 0) is 60.0 Å². The number of para-hydroxylation sites is 2. The summed E-state index contributed by atoms with van der Waals surface area (Å²) >= 11 is 0. The van der Waals surface area contributed by atoms with Crippen LogP contribution in [-0.4, -0.2) is 30.3 Å². The zero-order valence-corrected chi connectivity index (χ0v) is 19.4. The molecule has 2 atom stereocenters. The first-order valence-corrected chi connectivity index (χ1v) is 11.6. The van der Waals surface area contributed by atoms with Crippen LogP contribution in [0.2, 0.25) is 0 Å². The standard InChI is InChI=1S/C29H28N2O3/c1-19-14-15-22(16-26(19)29(32)33)31-18-23(34-28-13-6-5-12-27(28)31)17-30-20(2)24-11-7-9-21-8-3-4-10-25(21)24/h3-16,20,23,30H,17-18H2,1-2H3,(H,32,33)/t20-,23-/m1/s1. The van der Waals surface area contributed by atoms with Gasteiger partial charge in [0.2, 0.25) is 0 Å². The molecule has 0 radical (unpaired) electrons. The minimum Gasteiger partial charge on any atom is -0.485 e. The predicted molar refractivity (Wildman–Crippen MR) is 136 cm³/mol. The molecule has 172 valence electrons. The van der Waals surface area contributed by atoms with Crippen LogP contribution in [0.5, 0.6) is 5.75 Å². The number of fused-ring (bicyclic) bond motifs is 2. The lowest BCUT2D eigenvalue weighted by Gasteiger charge is -2.37. The Labute approximate surface area is 199 Å². The van der Waals surface area contributed by atoms with Crippen LogP contribution in [0, 0.1) is 6.92 Å². The molecule has 0 saturated carbocycles. The molecular weight excluding hydrogens is 424 g/mol. The van der Waals surface area contributed by atoms with Crippen LogP contribution in [-0.2, 0) is 0 Å². The number of aromatic carboxylic acids is 1. The van der Waals surface area contributed by atoms with Gasteiger partial charge in [-0.1, -0.05) is 60.7 Å². The van der Waals surface area contributed by atoms with Gasteiger partial charge in [0.25, 0.3) is 0 Å². The Balaban J connectivity index is 1.39. The van der Waals surface area contributed by atoms with Crippen LogP contribution in [0.25, 0.3) is 10.8 Å². The van der Waals surface area contributed by atoms with Crippen molar-refractivity contribution in [1.29, 1.82) is 0 Å². The van der Waals surface area contributed by atoms with Crippen molar-refractivity contribution in [1.82, 2.24) is 5.32 Å². The maximum Gasteiger partial charge on any atom is 0.336 e. The molecule has 5 rings (SSSR count). The number of benzene rings is 4. The lowest BCUT2D eigenvalue weighted by molar-refractivity contribution is 0.0696. The van der Waals surface area contributed by atoms with Gasteiger partial charge in [-0.15, -0.1) is 0 Å². The lowest BCUT2D eigenvalue weighted by atomic mass is 9.99. The molecule has 1 aliphatic rings. The highest BCUT2D eigenvalue weighted by atomic mass is 16.5. The van der Waals surface area contributed by atoms with E-state index >= 15 is 0 Å². The number of carboxylic acids is 1. The van der Waals surface area contributed by atoms with Gasteiger partial charge in [-0.3, -0.25) is 0 Å². The summed E-state index contributed by atoms with van der Waals surface area (Å²) in [5.41, 5.74) is 4.13. The van der Waals surface area contributed by atoms with Gasteiger partial charge < -0.3 is 20.1 Å². The number of carbonyl (C=O) groups is 1. The second-order valence-corrected chi connectivity index (χ2v) is 8.82. The summed E-state index contributed by atoms with van der Waals surface area (Å²) in [5.74, 6) is -0.112. The largest absolute Gasteiger partial charge is 0.485 e. The molecule has 0 saturated heterocycles. The van der Waals surface area contributed by atoms with Gasteiger partial charge in [-0.25, -0.2) is 4.79 Å². The third kappa shape index (κ3) is 4.22. The van der Waals surface area contributed by atoms with Crippen molar-refractivity contribution in [3.63, 3.8) is 0 Å². The van der Waals surface area contributed by atoms with Crippen LogP contribution in [0.15, 0.2) is 84.9 Å². The Morgan fingerprint density at radius 3 is 2.68 bits per heavy atom. The summed E-state index contributed by atoms with van der Waals surface area (Å²) in [6, 6.07) is 28.5. The first-order chi connectivity index (χ1) is 16.5. The molecule has 0 fully saturated rings. The molecule has 0 bridgehead atoms. The maximum atomic E-state index is 11.7. The van der Waals surface area contributed by atoms with Crippen molar-refractivity contribution >= 4 is 28.1 Å². The van der Waals surface area contributed by atoms with Crippen molar-refractivity contribution in [2.24, 2.45) is 0 Å². The normalized spacial score (nSPS) is 16.1. The molecule has 4 aromatic carbocycles. The van der Waals surface area contributed by atoms with Crippen molar-refractivity contribution in [2.75, 3.05) is 18.0 Å². The molecule has 4 aromatic rings. The number of nitrogens with one attached hydrogen (secondary N) is 1. The Kier molecular flexibility index (Phi) is 5.95. The van der Waals surface area contributed by atoms with Gasteiger partial charge in [0.15, 0.2) is 0 Å². The van der Waals surface area contributed by atoms with Gasteiger partial charge in [-0.2, -0.15) is 0 Å². The highest BCUT2D eigenvalue weighted by Crippen LogP contribution is 2.38. The summed E-state index contributed by atoms with van der Waals surface area (Å²) in [7, 11) is 0. The number of aryl methyl sites for hydroxylation is 1. The van der Waals surface area contributed by atoms with E-state index in [1.165, 1.54) is 16.3 Å². The highest BCUT2D eigenvalue weighted by molar-refractivity contribution is 5.91. The fourth-order valence-corrected chi connectivity index (χ4v) is 4.70. The summed E-state index contributed by atoms with van der Waals surface area (Å²) in [6.45, 7) is 5.28. The quantitative estimate of drug-likeness (QED) is 0.370. The molecule has 0 amide bonds. The van der Waals surface area contributed by atoms with Gasteiger partial charge >= 0.3 is 5.97 Å². The summed E-state index contributed by atoms with van der Waals surface area (Å²) in [4.78, 5) is 13.9. The van der Waals surface area contributed by atoms with Crippen molar-refractivity contribution in [2.45, 2.75) is 26.0 Å². The summed E-state index contributed by atoms with van der Waals surface area (Å²) < 4.78 is 6.34. The number of ether oxygens (including phenoxy) is 1. The fraction of sp³-hybridized carbons (Fsp3) is 0.207. The minimum absolute atomic E-state index is 0.0955. The van der Waals surface area contributed by atoms with Crippen LogP contribution >= 0.6 is 0 Å². The Bertz CT molecular complexity index is 1350. The first kappa shape index (κ1) is 22.0. The Morgan fingerprint density at radius 1 is 1.06 bits per heavy atom. The SMILES string of the molecule is Cc1ccc(N2C[C@@H](CN[C@H](C)c3cccc4ccccc34)Oc3ccccc32)cc1C(=O)O. The average molecular weight is 453 g/mol. The maximum absolute atomic E-state index is 11.7. The first-order valence-electron chi connectivity index (χ1n) is 11.6.